The Bertz CT molecular complexity index is 347. The highest BCUT2D eigenvalue weighted by atomic mass is 19.1. The van der Waals surface area contributed by atoms with Crippen molar-refractivity contribution in [2.45, 2.75) is 13.0 Å². The van der Waals surface area contributed by atoms with Gasteiger partial charge in [0.25, 0.3) is 0 Å². The van der Waals surface area contributed by atoms with Crippen LogP contribution in [-0.4, -0.2) is 12.4 Å². The molecule has 14 heavy (non-hydrogen) atoms. The number of halogens is 1. The van der Waals surface area contributed by atoms with Crippen LogP contribution in [0.2, 0.25) is 0 Å². The minimum absolute atomic E-state index is 0.0186. The fraction of sp³-hybridized carbons (Fsp3) is 0.182. The van der Waals surface area contributed by atoms with E-state index in [0.29, 0.717) is 6.29 Å². The molecule has 0 aliphatic rings. The van der Waals surface area contributed by atoms with E-state index in [1.54, 1.807) is 6.92 Å². The first-order valence-electron chi connectivity index (χ1n) is 4.22. The average Bonchev–Trinajstić information content (AvgIpc) is 2.20. The van der Waals surface area contributed by atoms with Crippen molar-refractivity contribution in [2.75, 3.05) is 0 Å². The summed E-state index contributed by atoms with van der Waals surface area (Å²) in [4.78, 5) is 10.6. The van der Waals surface area contributed by atoms with Crippen molar-refractivity contribution in [3.8, 4) is 5.75 Å². The third kappa shape index (κ3) is 2.19. The fourth-order valence-corrected chi connectivity index (χ4v) is 0.977. The van der Waals surface area contributed by atoms with Crippen LogP contribution in [0.1, 0.15) is 17.3 Å². The first kappa shape index (κ1) is 10.4. The minimum Gasteiger partial charge on any atom is -0.483 e. The predicted molar refractivity (Wildman–Crippen MR) is 52.1 cm³/mol. The molecule has 0 amide bonds. The second-order valence-corrected chi connectivity index (χ2v) is 2.83. The van der Waals surface area contributed by atoms with Gasteiger partial charge >= 0.3 is 0 Å². The highest BCUT2D eigenvalue weighted by Gasteiger charge is 2.10. The summed E-state index contributed by atoms with van der Waals surface area (Å²) < 4.78 is 18.4. The first-order valence-corrected chi connectivity index (χ1v) is 4.22. The van der Waals surface area contributed by atoms with E-state index in [-0.39, 0.29) is 17.4 Å². The van der Waals surface area contributed by atoms with Gasteiger partial charge in [0.1, 0.15) is 6.10 Å². The molecule has 1 unspecified atom stereocenters. The highest BCUT2D eigenvalue weighted by Crippen LogP contribution is 2.22. The minimum atomic E-state index is -0.539. The number of para-hydroxylation sites is 1. The Hall–Kier alpha value is -1.64. The van der Waals surface area contributed by atoms with Crippen LogP contribution < -0.4 is 4.74 Å². The molecule has 0 bridgehead atoms. The molecule has 0 radical (unpaired) electrons. The van der Waals surface area contributed by atoms with E-state index >= 15 is 0 Å². The average molecular weight is 194 g/mol. The van der Waals surface area contributed by atoms with Crippen molar-refractivity contribution in [2.24, 2.45) is 0 Å². The highest BCUT2D eigenvalue weighted by molar-refractivity contribution is 5.79. The van der Waals surface area contributed by atoms with Gasteiger partial charge in [-0.05, 0) is 19.1 Å². The molecule has 0 N–H and O–H groups in total. The van der Waals surface area contributed by atoms with Crippen LogP contribution in [0.4, 0.5) is 4.39 Å². The molecule has 0 fully saturated rings. The molecule has 0 saturated carbocycles. The van der Waals surface area contributed by atoms with Gasteiger partial charge in [0, 0.05) is 0 Å². The number of benzene rings is 1. The Morgan fingerprint density at radius 2 is 2.29 bits per heavy atom. The second kappa shape index (κ2) is 4.56. The van der Waals surface area contributed by atoms with Crippen molar-refractivity contribution in [3.05, 3.63) is 42.2 Å². The van der Waals surface area contributed by atoms with Crippen LogP contribution in [0, 0.1) is 5.82 Å². The molecule has 0 heterocycles. The van der Waals surface area contributed by atoms with Crippen LogP contribution >= 0.6 is 0 Å². The predicted octanol–water partition coefficient (Wildman–Crippen LogP) is 2.59. The number of carbonyl (C=O) groups is 1. The van der Waals surface area contributed by atoms with Gasteiger partial charge in [0.15, 0.2) is 17.9 Å². The number of hydrogen-bond acceptors (Lipinski definition) is 2. The number of ether oxygens (including phenoxy) is 1. The summed E-state index contributed by atoms with van der Waals surface area (Å²) >= 11 is 0. The topological polar surface area (TPSA) is 26.3 Å². The maximum Gasteiger partial charge on any atom is 0.166 e. The largest absolute Gasteiger partial charge is 0.483 e. The molecule has 0 aliphatic carbocycles. The van der Waals surface area contributed by atoms with Crippen LogP contribution in [0.15, 0.2) is 30.9 Å². The smallest absolute Gasteiger partial charge is 0.166 e. The Morgan fingerprint density at radius 1 is 1.57 bits per heavy atom. The van der Waals surface area contributed by atoms with Crippen LogP contribution in [-0.2, 0) is 0 Å². The van der Waals surface area contributed by atoms with Crippen molar-refractivity contribution >= 4 is 6.29 Å². The molecule has 1 aromatic rings. The second-order valence-electron chi connectivity index (χ2n) is 2.83. The first-order chi connectivity index (χ1) is 6.69. The summed E-state index contributed by atoms with van der Waals surface area (Å²) in [6.07, 6.45) is 1.76. The molecule has 1 aromatic carbocycles. The monoisotopic (exact) mass is 194 g/mol. The lowest BCUT2D eigenvalue weighted by Crippen LogP contribution is -2.10. The lowest BCUT2D eigenvalue weighted by molar-refractivity contribution is 0.111. The van der Waals surface area contributed by atoms with Gasteiger partial charge in [0.2, 0.25) is 0 Å². The molecule has 74 valence electrons. The number of carbonyl (C=O) groups excluding carboxylic acids is 1. The summed E-state index contributed by atoms with van der Waals surface area (Å²) in [5, 5.41) is 0. The zero-order valence-electron chi connectivity index (χ0n) is 7.87. The van der Waals surface area contributed by atoms with Gasteiger partial charge in [-0.3, -0.25) is 4.79 Å². The van der Waals surface area contributed by atoms with Crippen molar-refractivity contribution < 1.29 is 13.9 Å². The molecule has 2 nitrogen and oxygen atoms in total. The third-order valence-corrected chi connectivity index (χ3v) is 1.76. The molecule has 1 atom stereocenters. The van der Waals surface area contributed by atoms with Gasteiger partial charge < -0.3 is 4.74 Å². The van der Waals surface area contributed by atoms with Gasteiger partial charge in [-0.1, -0.05) is 18.7 Å². The molecular formula is C11H11FO2. The van der Waals surface area contributed by atoms with Gasteiger partial charge in [-0.15, -0.1) is 0 Å². The summed E-state index contributed by atoms with van der Waals surface area (Å²) in [5.74, 6) is -0.557. The molecule has 0 saturated heterocycles. The van der Waals surface area contributed by atoms with Gasteiger partial charge in [0.05, 0.1) is 5.56 Å². The maximum atomic E-state index is 13.2. The quantitative estimate of drug-likeness (QED) is 0.544. The van der Waals surface area contributed by atoms with Crippen molar-refractivity contribution in [1.82, 2.24) is 0 Å². The van der Waals surface area contributed by atoms with E-state index < -0.39 is 5.82 Å². The summed E-state index contributed by atoms with van der Waals surface area (Å²) in [6.45, 7) is 5.22. The molecule has 0 aliphatic heterocycles. The van der Waals surface area contributed by atoms with Gasteiger partial charge in [-0.25, -0.2) is 4.39 Å². The molecule has 0 aromatic heterocycles. The lowest BCUT2D eigenvalue weighted by atomic mass is 10.2. The van der Waals surface area contributed by atoms with Crippen molar-refractivity contribution in [1.29, 1.82) is 0 Å². The summed E-state index contributed by atoms with van der Waals surface area (Å²) in [7, 11) is 0. The molecule has 3 heteroatoms. The van der Waals surface area contributed by atoms with E-state index in [0.717, 1.165) is 0 Å². The summed E-state index contributed by atoms with van der Waals surface area (Å²) in [5.41, 5.74) is 0.207. The number of hydrogen-bond donors (Lipinski definition) is 0. The van der Waals surface area contributed by atoms with Crippen molar-refractivity contribution in [3.63, 3.8) is 0 Å². The number of rotatable bonds is 4. The van der Waals surface area contributed by atoms with E-state index in [4.69, 9.17) is 4.74 Å². The maximum absolute atomic E-state index is 13.2. The molecular weight excluding hydrogens is 183 g/mol. The van der Waals surface area contributed by atoms with E-state index in [2.05, 4.69) is 6.58 Å². The lowest BCUT2D eigenvalue weighted by Gasteiger charge is -2.12. The standard InChI is InChI=1S/C11H11FO2/c1-3-8(2)14-11-9(7-13)5-4-6-10(11)12/h3-8H,1H2,2H3. The van der Waals surface area contributed by atoms with Crippen LogP contribution in [0.3, 0.4) is 0 Å². The third-order valence-electron chi connectivity index (χ3n) is 1.76. The van der Waals surface area contributed by atoms with Gasteiger partial charge in [-0.2, -0.15) is 0 Å². The van der Waals surface area contributed by atoms with E-state index in [9.17, 15) is 9.18 Å². The molecule has 1 rings (SSSR count). The zero-order valence-corrected chi connectivity index (χ0v) is 7.87. The fourth-order valence-electron chi connectivity index (χ4n) is 0.977. The SMILES string of the molecule is C=CC(C)Oc1c(F)cccc1C=O. The Kier molecular flexibility index (Phi) is 3.40. The number of aldehydes is 1. The zero-order chi connectivity index (χ0) is 10.6. The Balaban J connectivity index is 3.04. The van der Waals surface area contributed by atoms with E-state index in [1.807, 2.05) is 0 Å². The normalized spacial score (nSPS) is 11.9. The Morgan fingerprint density at radius 3 is 2.86 bits per heavy atom. The summed E-state index contributed by atoms with van der Waals surface area (Å²) in [6, 6.07) is 4.21. The molecule has 0 spiro atoms. The van der Waals surface area contributed by atoms with Crippen LogP contribution in [0.5, 0.6) is 5.75 Å². The Labute approximate surface area is 82.0 Å². The van der Waals surface area contributed by atoms with Crippen LogP contribution in [0.25, 0.3) is 0 Å². The van der Waals surface area contributed by atoms with E-state index in [1.165, 1.54) is 24.3 Å².